The zero-order chi connectivity index (χ0) is 19.3. The lowest BCUT2D eigenvalue weighted by Crippen LogP contribution is -2.37. The Morgan fingerprint density at radius 3 is 2.19 bits per heavy atom. The van der Waals surface area contributed by atoms with Crippen LogP contribution in [0.25, 0.3) is 0 Å². The predicted octanol–water partition coefficient (Wildman–Crippen LogP) is 4.64. The predicted molar refractivity (Wildman–Crippen MR) is 105 cm³/mol. The van der Waals surface area contributed by atoms with E-state index in [9.17, 15) is 4.79 Å². The molecule has 26 heavy (non-hydrogen) atoms. The summed E-state index contributed by atoms with van der Waals surface area (Å²) in [6, 6.07) is 15.5. The molecule has 1 amide bonds. The maximum Gasteiger partial charge on any atom is 0.261 e. The van der Waals surface area contributed by atoms with E-state index in [1.54, 1.807) is 26.2 Å². The Bertz CT molecular complexity index is 732. The van der Waals surface area contributed by atoms with Crippen LogP contribution in [0.15, 0.2) is 48.5 Å². The maximum absolute atomic E-state index is 12.4. The van der Waals surface area contributed by atoms with Crippen LogP contribution in [0.3, 0.4) is 0 Å². The van der Waals surface area contributed by atoms with Gasteiger partial charge in [0.15, 0.2) is 6.10 Å². The van der Waals surface area contributed by atoms with Crippen molar-refractivity contribution in [1.82, 2.24) is 5.32 Å². The fourth-order valence-corrected chi connectivity index (χ4v) is 2.62. The van der Waals surface area contributed by atoms with Crippen molar-refractivity contribution in [1.29, 1.82) is 0 Å². The Kier molecular flexibility index (Phi) is 6.30. The molecule has 1 N–H and O–H groups in total. The molecule has 0 radical (unpaired) electrons. The zero-order valence-corrected chi connectivity index (χ0v) is 16.5. The summed E-state index contributed by atoms with van der Waals surface area (Å²) in [5.41, 5.74) is 2.46. The Labute approximate surface area is 156 Å². The van der Waals surface area contributed by atoms with Gasteiger partial charge in [-0.25, -0.2) is 0 Å². The highest BCUT2D eigenvalue weighted by atomic mass is 16.5. The number of carbonyl (C=O) groups is 1. The number of amides is 1. The van der Waals surface area contributed by atoms with Gasteiger partial charge < -0.3 is 14.8 Å². The molecule has 0 saturated carbocycles. The maximum atomic E-state index is 12.4. The van der Waals surface area contributed by atoms with Crippen molar-refractivity contribution in [3.8, 4) is 11.5 Å². The molecule has 0 unspecified atom stereocenters. The molecule has 140 valence electrons. The number of carbonyl (C=O) groups excluding carboxylic acids is 1. The van der Waals surface area contributed by atoms with Crippen LogP contribution in [0.1, 0.15) is 51.8 Å². The number of methoxy groups -OCH3 is 1. The topological polar surface area (TPSA) is 47.6 Å². The SMILES string of the molecule is COc1cccc(O[C@H](C)C(=O)N[C@H](C)c2ccc(C(C)(C)C)cc2)c1. The van der Waals surface area contributed by atoms with Crippen molar-refractivity contribution in [2.75, 3.05) is 7.11 Å². The van der Waals surface area contributed by atoms with Gasteiger partial charge in [-0.15, -0.1) is 0 Å². The molecule has 4 heteroatoms. The molecule has 2 aromatic rings. The second-order valence-electron chi connectivity index (χ2n) is 7.54. The third kappa shape index (κ3) is 5.25. The number of ether oxygens (including phenoxy) is 2. The summed E-state index contributed by atoms with van der Waals surface area (Å²) in [4.78, 5) is 12.4. The van der Waals surface area contributed by atoms with Gasteiger partial charge >= 0.3 is 0 Å². The molecule has 0 aliphatic heterocycles. The van der Waals surface area contributed by atoms with Crippen molar-refractivity contribution in [2.24, 2.45) is 0 Å². The monoisotopic (exact) mass is 355 g/mol. The van der Waals surface area contributed by atoms with Gasteiger partial charge in [-0.2, -0.15) is 0 Å². The lowest BCUT2D eigenvalue weighted by Gasteiger charge is -2.22. The summed E-state index contributed by atoms with van der Waals surface area (Å²) < 4.78 is 10.9. The van der Waals surface area contributed by atoms with E-state index in [1.165, 1.54) is 5.56 Å². The van der Waals surface area contributed by atoms with Crippen molar-refractivity contribution in [2.45, 2.75) is 52.2 Å². The summed E-state index contributed by atoms with van der Waals surface area (Å²) in [5.74, 6) is 1.15. The van der Waals surface area contributed by atoms with Crippen LogP contribution in [0, 0.1) is 0 Å². The fourth-order valence-electron chi connectivity index (χ4n) is 2.62. The van der Waals surface area contributed by atoms with Crippen LogP contribution in [0.4, 0.5) is 0 Å². The largest absolute Gasteiger partial charge is 0.497 e. The first-order valence-electron chi connectivity index (χ1n) is 8.92. The van der Waals surface area contributed by atoms with Crippen LogP contribution in [-0.4, -0.2) is 19.1 Å². The molecule has 0 aromatic heterocycles. The van der Waals surface area contributed by atoms with Gasteiger partial charge in [0.2, 0.25) is 0 Å². The summed E-state index contributed by atoms with van der Waals surface area (Å²) in [6.07, 6.45) is -0.599. The summed E-state index contributed by atoms with van der Waals surface area (Å²) >= 11 is 0. The summed E-state index contributed by atoms with van der Waals surface area (Å²) in [5, 5.41) is 3.01. The second-order valence-corrected chi connectivity index (χ2v) is 7.54. The van der Waals surface area contributed by atoms with Crippen molar-refractivity contribution in [3.63, 3.8) is 0 Å². The molecule has 0 fully saturated rings. The highest BCUT2D eigenvalue weighted by molar-refractivity contribution is 5.81. The third-order valence-electron chi connectivity index (χ3n) is 4.36. The van der Waals surface area contributed by atoms with Crippen LogP contribution >= 0.6 is 0 Å². The van der Waals surface area contributed by atoms with Gasteiger partial charge in [0.25, 0.3) is 5.91 Å². The Balaban J connectivity index is 1.97. The van der Waals surface area contributed by atoms with E-state index < -0.39 is 6.10 Å². The number of nitrogens with one attached hydrogen (secondary N) is 1. The number of hydrogen-bond acceptors (Lipinski definition) is 3. The van der Waals surface area contributed by atoms with E-state index in [1.807, 2.05) is 19.1 Å². The average Bonchev–Trinajstić information content (AvgIpc) is 2.61. The molecule has 0 aliphatic carbocycles. The third-order valence-corrected chi connectivity index (χ3v) is 4.36. The van der Waals surface area contributed by atoms with Gasteiger partial charge in [0.05, 0.1) is 13.2 Å². The lowest BCUT2D eigenvalue weighted by molar-refractivity contribution is -0.127. The number of benzene rings is 2. The van der Waals surface area contributed by atoms with E-state index >= 15 is 0 Å². The molecule has 0 saturated heterocycles. The zero-order valence-electron chi connectivity index (χ0n) is 16.5. The first kappa shape index (κ1) is 19.8. The van der Waals surface area contributed by atoms with E-state index in [-0.39, 0.29) is 17.4 Å². The molecule has 2 atom stereocenters. The lowest BCUT2D eigenvalue weighted by atomic mass is 9.86. The van der Waals surface area contributed by atoms with Crippen LogP contribution in [0.5, 0.6) is 11.5 Å². The van der Waals surface area contributed by atoms with Gasteiger partial charge in [0.1, 0.15) is 11.5 Å². The molecule has 0 spiro atoms. The molecule has 0 heterocycles. The van der Waals surface area contributed by atoms with Gasteiger partial charge in [-0.05, 0) is 42.5 Å². The minimum absolute atomic E-state index is 0.0899. The molecule has 4 nitrogen and oxygen atoms in total. The molecule has 0 bridgehead atoms. The fraction of sp³-hybridized carbons (Fsp3) is 0.409. The highest BCUT2D eigenvalue weighted by Crippen LogP contribution is 2.24. The minimum Gasteiger partial charge on any atom is -0.497 e. The van der Waals surface area contributed by atoms with E-state index in [2.05, 4.69) is 50.4 Å². The molecule has 2 rings (SSSR count). The highest BCUT2D eigenvalue weighted by Gasteiger charge is 2.19. The molecule has 0 aliphatic rings. The Morgan fingerprint density at radius 2 is 1.62 bits per heavy atom. The van der Waals surface area contributed by atoms with Crippen LogP contribution in [-0.2, 0) is 10.2 Å². The van der Waals surface area contributed by atoms with Gasteiger partial charge in [-0.3, -0.25) is 4.79 Å². The molecular weight excluding hydrogens is 326 g/mol. The number of rotatable bonds is 6. The van der Waals surface area contributed by atoms with Crippen molar-refractivity contribution < 1.29 is 14.3 Å². The van der Waals surface area contributed by atoms with Crippen LogP contribution < -0.4 is 14.8 Å². The van der Waals surface area contributed by atoms with Crippen LogP contribution in [0.2, 0.25) is 0 Å². The second kappa shape index (κ2) is 8.26. The minimum atomic E-state index is -0.599. The van der Waals surface area contributed by atoms with E-state index in [0.717, 1.165) is 5.56 Å². The van der Waals surface area contributed by atoms with E-state index in [4.69, 9.17) is 9.47 Å². The van der Waals surface area contributed by atoms with Crippen molar-refractivity contribution in [3.05, 3.63) is 59.7 Å². The normalized spacial score (nSPS) is 13.6. The smallest absolute Gasteiger partial charge is 0.261 e. The summed E-state index contributed by atoms with van der Waals surface area (Å²) in [6.45, 7) is 10.3. The standard InChI is InChI=1S/C22H29NO3/c1-15(17-10-12-18(13-11-17)22(3,4)5)23-21(24)16(2)26-20-9-7-8-19(14-20)25-6/h7-16H,1-6H3,(H,23,24)/t15-,16-/m1/s1. The number of hydrogen-bond donors (Lipinski definition) is 1. The molecular formula is C22H29NO3. The average molecular weight is 355 g/mol. The quantitative estimate of drug-likeness (QED) is 0.821. The summed E-state index contributed by atoms with van der Waals surface area (Å²) in [7, 11) is 1.60. The first-order chi connectivity index (χ1) is 12.2. The van der Waals surface area contributed by atoms with Gasteiger partial charge in [-0.1, -0.05) is 51.1 Å². The first-order valence-corrected chi connectivity index (χ1v) is 8.92. The Morgan fingerprint density at radius 1 is 1.00 bits per heavy atom. The van der Waals surface area contributed by atoms with E-state index in [0.29, 0.717) is 11.5 Å². The van der Waals surface area contributed by atoms with Gasteiger partial charge in [0, 0.05) is 6.07 Å². The Hall–Kier alpha value is -2.49. The molecule has 2 aromatic carbocycles. The van der Waals surface area contributed by atoms with Crippen molar-refractivity contribution >= 4 is 5.91 Å².